The van der Waals surface area contributed by atoms with Gasteiger partial charge < -0.3 is 14.8 Å². The van der Waals surface area contributed by atoms with Crippen LogP contribution in [0, 0.1) is 5.41 Å². The lowest BCUT2D eigenvalue weighted by molar-refractivity contribution is 0.354. The molecule has 2 rings (SSSR count). The zero-order valence-electron chi connectivity index (χ0n) is 11.3. The van der Waals surface area contributed by atoms with Gasteiger partial charge in [0.05, 0.1) is 19.2 Å². The molecule has 100 valence electrons. The number of ether oxygens (including phenoxy) is 2. The number of rotatable bonds is 5. The van der Waals surface area contributed by atoms with Crippen LogP contribution in [0.5, 0.6) is 11.5 Å². The van der Waals surface area contributed by atoms with Gasteiger partial charge in [0.1, 0.15) is 0 Å². The molecule has 1 unspecified atom stereocenters. The van der Waals surface area contributed by atoms with Crippen molar-refractivity contribution in [2.24, 2.45) is 5.41 Å². The molecule has 0 radical (unpaired) electrons. The Labute approximate surface area is 113 Å². The maximum absolute atomic E-state index is 6.32. The van der Waals surface area contributed by atoms with Gasteiger partial charge in [-0.15, -0.1) is 0 Å². The molecule has 0 aliphatic heterocycles. The Morgan fingerprint density at radius 2 is 2.00 bits per heavy atom. The molecule has 1 atom stereocenters. The summed E-state index contributed by atoms with van der Waals surface area (Å²) in [6.07, 6.45) is 1.22. The van der Waals surface area contributed by atoms with E-state index in [0.717, 1.165) is 12.1 Å². The monoisotopic (exact) mass is 269 g/mol. The van der Waals surface area contributed by atoms with Crippen LogP contribution >= 0.6 is 11.6 Å². The minimum Gasteiger partial charge on any atom is -0.493 e. The first-order chi connectivity index (χ1) is 8.49. The van der Waals surface area contributed by atoms with E-state index in [2.05, 4.69) is 19.2 Å². The lowest BCUT2D eigenvalue weighted by Gasteiger charge is -2.13. The number of nitrogens with one attached hydrogen (secondary N) is 1. The molecule has 0 saturated heterocycles. The fourth-order valence-corrected chi connectivity index (χ4v) is 2.42. The quantitative estimate of drug-likeness (QED) is 0.890. The fraction of sp³-hybridized carbons (Fsp3) is 0.571. The van der Waals surface area contributed by atoms with Gasteiger partial charge in [-0.25, -0.2) is 0 Å². The minimum atomic E-state index is 0.420. The largest absolute Gasteiger partial charge is 0.493 e. The van der Waals surface area contributed by atoms with Crippen molar-refractivity contribution in [3.63, 3.8) is 0 Å². The Balaban J connectivity index is 2.09. The van der Waals surface area contributed by atoms with E-state index in [-0.39, 0.29) is 0 Å². The summed E-state index contributed by atoms with van der Waals surface area (Å²) >= 11 is 6.32. The SMILES string of the molecule is COc1ccc(CNC2CC2(C)C)c(Cl)c1OC. The molecule has 18 heavy (non-hydrogen) atoms. The maximum atomic E-state index is 6.32. The Hall–Kier alpha value is -0.930. The highest BCUT2D eigenvalue weighted by Gasteiger charge is 2.45. The fourth-order valence-electron chi connectivity index (χ4n) is 2.12. The number of halogens is 1. The van der Waals surface area contributed by atoms with Crippen molar-refractivity contribution in [3.05, 3.63) is 22.7 Å². The van der Waals surface area contributed by atoms with Gasteiger partial charge in [0, 0.05) is 12.6 Å². The van der Waals surface area contributed by atoms with Crippen LogP contribution in [0.25, 0.3) is 0 Å². The van der Waals surface area contributed by atoms with Crippen molar-refractivity contribution in [2.45, 2.75) is 32.9 Å². The van der Waals surface area contributed by atoms with Gasteiger partial charge in [0.2, 0.25) is 0 Å². The van der Waals surface area contributed by atoms with Crippen LogP contribution in [0.3, 0.4) is 0 Å². The van der Waals surface area contributed by atoms with Crippen LogP contribution in [0.15, 0.2) is 12.1 Å². The molecule has 1 aromatic carbocycles. The molecule has 0 heterocycles. The standard InChI is InChI=1S/C14H20ClNO2/c1-14(2)7-11(14)16-8-9-5-6-10(17-3)13(18-4)12(9)15/h5-6,11,16H,7-8H2,1-4H3. The third-order valence-electron chi connectivity index (χ3n) is 3.62. The second kappa shape index (κ2) is 4.98. The highest BCUT2D eigenvalue weighted by molar-refractivity contribution is 6.33. The second-order valence-electron chi connectivity index (χ2n) is 5.40. The van der Waals surface area contributed by atoms with Gasteiger partial charge in [0.15, 0.2) is 11.5 Å². The van der Waals surface area contributed by atoms with Crippen molar-refractivity contribution in [2.75, 3.05) is 14.2 Å². The van der Waals surface area contributed by atoms with E-state index in [0.29, 0.717) is 28.0 Å². The summed E-state index contributed by atoms with van der Waals surface area (Å²) in [5.74, 6) is 1.27. The predicted octanol–water partition coefficient (Wildman–Crippen LogP) is 3.25. The molecule has 1 N–H and O–H groups in total. The summed E-state index contributed by atoms with van der Waals surface area (Å²) in [6.45, 7) is 5.29. The van der Waals surface area contributed by atoms with E-state index in [9.17, 15) is 0 Å². The Kier molecular flexibility index (Phi) is 3.74. The molecule has 0 bridgehead atoms. The number of benzene rings is 1. The first-order valence-electron chi connectivity index (χ1n) is 6.12. The van der Waals surface area contributed by atoms with Crippen LogP contribution < -0.4 is 14.8 Å². The minimum absolute atomic E-state index is 0.420. The predicted molar refractivity (Wildman–Crippen MR) is 73.6 cm³/mol. The highest BCUT2D eigenvalue weighted by atomic mass is 35.5. The molecular weight excluding hydrogens is 250 g/mol. The van der Waals surface area contributed by atoms with Crippen molar-refractivity contribution < 1.29 is 9.47 Å². The normalized spacial score (nSPS) is 20.6. The molecule has 1 aliphatic rings. The zero-order valence-corrected chi connectivity index (χ0v) is 12.1. The molecule has 1 fully saturated rings. The van der Waals surface area contributed by atoms with Crippen molar-refractivity contribution >= 4 is 11.6 Å². The Morgan fingerprint density at radius 3 is 2.50 bits per heavy atom. The van der Waals surface area contributed by atoms with Gasteiger partial charge >= 0.3 is 0 Å². The summed E-state index contributed by atoms with van der Waals surface area (Å²) in [7, 11) is 3.21. The topological polar surface area (TPSA) is 30.5 Å². The average Bonchev–Trinajstić information content (AvgIpc) is 2.95. The van der Waals surface area contributed by atoms with Crippen LogP contribution in [0.4, 0.5) is 0 Å². The molecular formula is C14H20ClNO2. The smallest absolute Gasteiger partial charge is 0.179 e. The van der Waals surface area contributed by atoms with Crippen molar-refractivity contribution in [1.82, 2.24) is 5.32 Å². The molecule has 1 saturated carbocycles. The van der Waals surface area contributed by atoms with Crippen LogP contribution in [-0.4, -0.2) is 20.3 Å². The average molecular weight is 270 g/mol. The van der Waals surface area contributed by atoms with Gasteiger partial charge in [0.25, 0.3) is 0 Å². The van der Waals surface area contributed by atoms with E-state index in [4.69, 9.17) is 21.1 Å². The number of hydrogen-bond donors (Lipinski definition) is 1. The summed E-state index contributed by atoms with van der Waals surface area (Å²) in [5, 5.41) is 4.14. The van der Waals surface area contributed by atoms with Crippen LogP contribution in [-0.2, 0) is 6.54 Å². The number of hydrogen-bond acceptors (Lipinski definition) is 3. The summed E-state index contributed by atoms with van der Waals surface area (Å²) < 4.78 is 10.5. The van der Waals surface area contributed by atoms with E-state index in [1.54, 1.807) is 14.2 Å². The lowest BCUT2D eigenvalue weighted by Crippen LogP contribution is -2.20. The summed E-state index contributed by atoms with van der Waals surface area (Å²) in [5.41, 5.74) is 1.46. The first kappa shape index (κ1) is 13.5. The van der Waals surface area contributed by atoms with Crippen molar-refractivity contribution in [3.8, 4) is 11.5 Å². The number of methoxy groups -OCH3 is 2. The highest BCUT2D eigenvalue weighted by Crippen LogP contribution is 2.45. The lowest BCUT2D eigenvalue weighted by atomic mass is 10.1. The van der Waals surface area contributed by atoms with Crippen molar-refractivity contribution in [1.29, 1.82) is 0 Å². The second-order valence-corrected chi connectivity index (χ2v) is 5.78. The van der Waals surface area contributed by atoms with Crippen LogP contribution in [0.2, 0.25) is 5.02 Å². The Bertz CT molecular complexity index is 446. The molecule has 1 aromatic rings. The molecule has 4 heteroatoms. The van der Waals surface area contributed by atoms with E-state index in [1.807, 2.05) is 12.1 Å². The summed E-state index contributed by atoms with van der Waals surface area (Å²) in [6, 6.07) is 4.45. The molecule has 0 amide bonds. The summed E-state index contributed by atoms with van der Waals surface area (Å²) in [4.78, 5) is 0. The first-order valence-corrected chi connectivity index (χ1v) is 6.50. The van der Waals surface area contributed by atoms with Crippen LogP contribution in [0.1, 0.15) is 25.8 Å². The van der Waals surface area contributed by atoms with Gasteiger partial charge in [-0.1, -0.05) is 31.5 Å². The van der Waals surface area contributed by atoms with E-state index < -0.39 is 0 Å². The Morgan fingerprint density at radius 1 is 1.33 bits per heavy atom. The third kappa shape index (κ3) is 2.57. The molecule has 0 aromatic heterocycles. The zero-order chi connectivity index (χ0) is 13.3. The van der Waals surface area contributed by atoms with E-state index >= 15 is 0 Å². The van der Waals surface area contributed by atoms with E-state index in [1.165, 1.54) is 6.42 Å². The van der Waals surface area contributed by atoms with Gasteiger partial charge in [-0.05, 0) is 23.5 Å². The van der Waals surface area contributed by atoms with Gasteiger partial charge in [-0.3, -0.25) is 0 Å². The van der Waals surface area contributed by atoms with Gasteiger partial charge in [-0.2, -0.15) is 0 Å². The molecule has 1 aliphatic carbocycles. The third-order valence-corrected chi connectivity index (χ3v) is 4.03. The maximum Gasteiger partial charge on any atom is 0.179 e. The molecule has 0 spiro atoms. The molecule has 3 nitrogen and oxygen atoms in total.